The van der Waals surface area contributed by atoms with E-state index in [-0.39, 0.29) is 17.3 Å². The molecule has 20 heavy (non-hydrogen) atoms. The molecule has 0 aromatic heterocycles. The highest BCUT2D eigenvalue weighted by molar-refractivity contribution is 6.00. The molecule has 2 N–H and O–H groups in total. The number of likely N-dealkylation sites (tertiary alicyclic amines) is 1. The summed E-state index contributed by atoms with van der Waals surface area (Å²) < 4.78 is 5.06. The Morgan fingerprint density at radius 2 is 1.95 bits per heavy atom. The number of benzene rings is 1. The van der Waals surface area contributed by atoms with Crippen LogP contribution < -0.4 is 10.1 Å². The van der Waals surface area contributed by atoms with Gasteiger partial charge in [0.2, 0.25) is 0 Å². The minimum absolute atomic E-state index is 0.0520. The van der Waals surface area contributed by atoms with Gasteiger partial charge in [0.15, 0.2) is 0 Å². The van der Waals surface area contributed by atoms with E-state index in [0.717, 1.165) is 19.3 Å². The van der Waals surface area contributed by atoms with Crippen LogP contribution >= 0.6 is 0 Å². The van der Waals surface area contributed by atoms with E-state index in [0.29, 0.717) is 18.8 Å². The van der Waals surface area contributed by atoms with Crippen molar-refractivity contribution in [1.29, 1.82) is 0 Å². The van der Waals surface area contributed by atoms with Gasteiger partial charge in [0.25, 0.3) is 0 Å². The van der Waals surface area contributed by atoms with E-state index in [9.17, 15) is 9.59 Å². The third-order valence-corrected chi connectivity index (χ3v) is 3.34. The van der Waals surface area contributed by atoms with Gasteiger partial charge in [0.05, 0.1) is 18.4 Å². The first-order valence-electron chi connectivity index (χ1n) is 6.59. The highest BCUT2D eigenvalue weighted by atomic mass is 16.5. The third-order valence-electron chi connectivity index (χ3n) is 3.34. The van der Waals surface area contributed by atoms with Crippen molar-refractivity contribution in [2.24, 2.45) is 0 Å². The molecule has 0 radical (unpaired) electrons. The number of rotatable bonds is 3. The van der Waals surface area contributed by atoms with E-state index >= 15 is 0 Å². The number of carboxylic acids is 1. The normalized spacial score (nSPS) is 14.8. The van der Waals surface area contributed by atoms with Gasteiger partial charge in [-0.15, -0.1) is 0 Å². The molecule has 1 aromatic rings. The first-order chi connectivity index (χ1) is 9.61. The zero-order chi connectivity index (χ0) is 14.5. The molecule has 2 rings (SSSR count). The summed E-state index contributed by atoms with van der Waals surface area (Å²) in [7, 11) is 1.49. The van der Waals surface area contributed by atoms with Gasteiger partial charge in [-0.25, -0.2) is 9.59 Å². The van der Waals surface area contributed by atoms with Crippen LogP contribution in [0.5, 0.6) is 5.75 Å². The number of nitrogens with zero attached hydrogens (tertiary/aromatic N) is 1. The molecule has 1 aliphatic heterocycles. The molecule has 0 atom stereocenters. The number of ether oxygens (including phenoxy) is 1. The lowest BCUT2D eigenvalue weighted by Gasteiger charge is -2.27. The van der Waals surface area contributed by atoms with Gasteiger partial charge in [-0.05, 0) is 31.4 Å². The van der Waals surface area contributed by atoms with Crippen molar-refractivity contribution in [2.75, 3.05) is 25.5 Å². The van der Waals surface area contributed by atoms with E-state index in [1.807, 2.05) is 0 Å². The average Bonchev–Trinajstić information content (AvgIpc) is 2.47. The van der Waals surface area contributed by atoms with E-state index in [4.69, 9.17) is 9.84 Å². The molecule has 6 nitrogen and oxygen atoms in total. The predicted octanol–water partition coefficient (Wildman–Crippen LogP) is 2.41. The highest BCUT2D eigenvalue weighted by Gasteiger charge is 2.19. The Hall–Kier alpha value is -2.24. The van der Waals surface area contributed by atoms with Gasteiger partial charge in [0.1, 0.15) is 5.75 Å². The number of hydrogen-bond acceptors (Lipinski definition) is 3. The van der Waals surface area contributed by atoms with Crippen LogP contribution in [0, 0.1) is 0 Å². The molecule has 0 unspecified atom stereocenters. The lowest BCUT2D eigenvalue weighted by Crippen LogP contribution is -2.38. The SMILES string of the molecule is COc1ccc(C(=O)O)c(NC(=O)N2CCCCC2)c1. The summed E-state index contributed by atoms with van der Waals surface area (Å²) in [5.74, 6) is -0.578. The second-order valence-corrected chi connectivity index (χ2v) is 4.69. The second-order valence-electron chi connectivity index (χ2n) is 4.69. The Morgan fingerprint density at radius 1 is 1.25 bits per heavy atom. The summed E-state index contributed by atoms with van der Waals surface area (Å²) in [6.07, 6.45) is 3.10. The number of nitrogens with one attached hydrogen (secondary N) is 1. The Morgan fingerprint density at radius 3 is 2.55 bits per heavy atom. The molecular formula is C14H18N2O4. The van der Waals surface area contributed by atoms with Crippen LogP contribution in [0.4, 0.5) is 10.5 Å². The van der Waals surface area contributed by atoms with E-state index in [2.05, 4.69) is 5.32 Å². The van der Waals surface area contributed by atoms with Crippen LogP contribution in [0.3, 0.4) is 0 Å². The number of anilines is 1. The number of urea groups is 1. The van der Waals surface area contributed by atoms with Crippen LogP contribution in [0.2, 0.25) is 0 Å². The van der Waals surface area contributed by atoms with Gasteiger partial charge in [-0.2, -0.15) is 0 Å². The number of amides is 2. The summed E-state index contributed by atoms with van der Waals surface area (Å²) in [4.78, 5) is 25.0. The quantitative estimate of drug-likeness (QED) is 0.890. The Labute approximate surface area is 117 Å². The molecule has 1 saturated heterocycles. The monoisotopic (exact) mass is 278 g/mol. The van der Waals surface area contributed by atoms with Crippen LogP contribution in [0.1, 0.15) is 29.6 Å². The Balaban J connectivity index is 2.17. The fourth-order valence-corrected chi connectivity index (χ4v) is 2.23. The first-order valence-corrected chi connectivity index (χ1v) is 6.59. The molecule has 108 valence electrons. The predicted molar refractivity (Wildman–Crippen MR) is 74.4 cm³/mol. The summed E-state index contributed by atoms with van der Waals surface area (Å²) in [6, 6.07) is 4.23. The number of carbonyl (C=O) groups is 2. The van der Waals surface area contributed by atoms with E-state index < -0.39 is 5.97 Å². The van der Waals surface area contributed by atoms with E-state index in [1.165, 1.54) is 19.2 Å². The standard InChI is InChI=1S/C14H18N2O4/c1-20-10-5-6-11(13(17)18)12(9-10)15-14(19)16-7-3-2-4-8-16/h5-6,9H,2-4,7-8H2,1H3,(H,15,19)(H,17,18). The summed E-state index contributed by atoms with van der Waals surface area (Å²) in [6.45, 7) is 1.41. The van der Waals surface area contributed by atoms with Gasteiger partial charge >= 0.3 is 12.0 Å². The van der Waals surface area contributed by atoms with Crippen molar-refractivity contribution in [2.45, 2.75) is 19.3 Å². The van der Waals surface area contributed by atoms with E-state index in [1.54, 1.807) is 11.0 Å². The summed E-state index contributed by atoms with van der Waals surface area (Å²) in [5.41, 5.74) is 0.309. The maximum atomic E-state index is 12.1. The molecule has 1 aliphatic rings. The Bertz CT molecular complexity index is 510. The van der Waals surface area contributed by atoms with Gasteiger partial charge in [-0.3, -0.25) is 0 Å². The number of methoxy groups -OCH3 is 1. The fourth-order valence-electron chi connectivity index (χ4n) is 2.23. The van der Waals surface area contributed by atoms with Gasteiger partial charge in [-0.1, -0.05) is 0 Å². The molecule has 1 fully saturated rings. The van der Waals surface area contributed by atoms with Gasteiger partial charge in [0, 0.05) is 19.2 Å². The average molecular weight is 278 g/mol. The van der Waals surface area contributed by atoms with Crippen molar-refractivity contribution >= 4 is 17.7 Å². The lowest BCUT2D eigenvalue weighted by atomic mass is 10.1. The fraction of sp³-hybridized carbons (Fsp3) is 0.429. The van der Waals surface area contributed by atoms with Crippen LogP contribution in [-0.4, -0.2) is 42.2 Å². The van der Waals surface area contributed by atoms with Crippen LogP contribution in [0.15, 0.2) is 18.2 Å². The number of carboxylic acid groups (broad SMARTS) is 1. The van der Waals surface area contributed by atoms with Crippen molar-refractivity contribution in [3.05, 3.63) is 23.8 Å². The minimum atomic E-state index is -1.08. The largest absolute Gasteiger partial charge is 0.497 e. The van der Waals surface area contributed by atoms with Gasteiger partial charge < -0.3 is 20.1 Å². The molecule has 6 heteroatoms. The molecule has 2 amide bonds. The zero-order valence-corrected chi connectivity index (χ0v) is 11.4. The molecular weight excluding hydrogens is 260 g/mol. The molecule has 0 bridgehead atoms. The topological polar surface area (TPSA) is 78.9 Å². The number of carbonyl (C=O) groups excluding carboxylic acids is 1. The van der Waals surface area contributed by atoms with Crippen LogP contribution in [-0.2, 0) is 0 Å². The molecule has 0 saturated carbocycles. The molecule has 1 heterocycles. The highest BCUT2D eigenvalue weighted by Crippen LogP contribution is 2.23. The molecule has 0 spiro atoms. The second kappa shape index (κ2) is 6.27. The molecule has 0 aliphatic carbocycles. The smallest absolute Gasteiger partial charge is 0.337 e. The maximum Gasteiger partial charge on any atom is 0.337 e. The number of piperidine rings is 1. The lowest BCUT2D eigenvalue weighted by molar-refractivity contribution is 0.0698. The van der Waals surface area contributed by atoms with Crippen LogP contribution in [0.25, 0.3) is 0 Å². The van der Waals surface area contributed by atoms with Crippen molar-refractivity contribution in [3.63, 3.8) is 0 Å². The minimum Gasteiger partial charge on any atom is -0.497 e. The summed E-state index contributed by atoms with van der Waals surface area (Å²) >= 11 is 0. The maximum absolute atomic E-state index is 12.1. The summed E-state index contributed by atoms with van der Waals surface area (Å²) in [5, 5.41) is 11.8. The van der Waals surface area contributed by atoms with Crippen molar-refractivity contribution in [1.82, 2.24) is 4.90 Å². The third kappa shape index (κ3) is 3.20. The van der Waals surface area contributed by atoms with Crippen molar-refractivity contribution < 1.29 is 19.4 Å². The Kier molecular flexibility index (Phi) is 4.45. The zero-order valence-electron chi connectivity index (χ0n) is 11.4. The molecule has 1 aromatic carbocycles. The van der Waals surface area contributed by atoms with Crippen molar-refractivity contribution in [3.8, 4) is 5.75 Å². The first kappa shape index (κ1) is 14.2. The number of hydrogen-bond donors (Lipinski definition) is 2. The number of aromatic carboxylic acids is 1.